The maximum Gasteiger partial charge on any atom is 0.337 e. The normalized spacial score (nSPS) is 10.8. The molecule has 2 aromatic carbocycles. The second-order valence-corrected chi connectivity index (χ2v) is 5.75. The molecule has 26 heavy (non-hydrogen) atoms. The van der Waals surface area contributed by atoms with E-state index in [1.165, 1.54) is 18.2 Å². The molecule has 0 fully saturated rings. The van der Waals surface area contributed by atoms with Crippen molar-refractivity contribution in [3.05, 3.63) is 59.7 Å². The summed E-state index contributed by atoms with van der Waals surface area (Å²) >= 11 is 0. The molecule has 0 unspecified atom stereocenters. The molecule has 0 spiro atoms. The van der Waals surface area contributed by atoms with Gasteiger partial charge in [-0.1, -0.05) is 18.2 Å². The van der Waals surface area contributed by atoms with Gasteiger partial charge in [0.05, 0.1) is 24.5 Å². The Morgan fingerprint density at radius 3 is 2.50 bits per heavy atom. The zero-order valence-corrected chi connectivity index (χ0v) is 14.9. The molecule has 0 aliphatic heterocycles. The van der Waals surface area contributed by atoms with E-state index in [4.69, 9.17) is 14.6 Å². The first kappa shape index (κ1) is 19.1. The number of nitrogens with one attached hydrogen (secondary N) is 1. The van der Waals surface area contributed by atoms with Crippen LogP contribution in [0.2, 0.25) is 0 Å². The Morgan fingerprint density at radius 2 is 1.85 bits per heavy atom. The van der Waals surface area contributed by atoms with Gasteiger partial charge in [-0.05, 0) is 49.8 Å². The van der Waals surface area contributed by atoms with Gasteiger partial charge in [0.25, 0.3) is 0 Å². The van der Waals surface area contributed by atoms with Gasteiger partial charge in [-0.2, -0.15) is 0 Å². The van der Waals surface area contributed by atoms with Crippen LogP contribution in [-0.4, -0.2) is 30.2 Å². The number of carboxylic acids is 1. The molecule has 0 atom stereocenters. The summed E-state index contributed by atoms with van der Waals surface area (Å²) in [5.41, 5.74) is 1.03. The number of benzene rings is 2. The molecule has 0 saturated carbocycles. The molecule has 2 rings (SSSR count). The first-order valence-corrected chi connectivity index (χ1v) is 8.06. The van der Waals surface area contributed by atoms with E-state index in [1.807, 2.05) is 13.8 Å². The van der Waals surface area contributed by atoms with E-state index in [2.05, 4.69) is 5.32 Å². The number of carbonyl (C=O) groups is 2. The summed E-state index contributed by atoms with van der Waals surface area (Å²) in [4.78, 5) is 23.2. The first-order valence-electron chi connectivity index (χ1n) is 8.06. The Kier molecular flexibility index (Phi) is 6.38. The molecular weight excluding hydrogens is 334 g/mol. The number of methoxy groups -OCH3 is 1. The van der Waals surface area contributed by atoms with Gasteiger partial charge < -0.3 is 19.9 Å². The molecule has 2 N–H and O–H groups in total. The largest absolute Gasteiger partial charge is 0.493 e. The zero-order valence-electron chi connectivity index (χ0n) is 14.9. The third kappa shape index (κ3) is 5.11. The van der Waals surface area contributed by atoms with Crippen molar-refractivity contribution in [2.75, 3.05) is 12.4 Å². The lowest BCUT2D eigenvalue weighted by Crippen LogP contribution is -2.11. The molecule has 0 aliphatic carbocycles. The number of carbonyl (C=O) groups excluding carboxylic acids is 1. The molecule has 6 nitrogen and oxygen atoms in total. The third-order valence-electron chi connectivity index (χ3n) is 3.39. The lowest BCUT2D eigenvalue weighted by Gasteiger charge is -2.13. The van der Waals surface area contributed by atoms with Gasteiger partial charge in [0.1, 0.15) is 0 Å². The maximum absolute atomic E-state index is 12.1. The summed E-state index contributed by atoms with van der Waals surface area (Å²) in [5.74, 6) is -0.340. The standard InChI is InChI=1S/C20H21NO5/c1-13(2)26-17-10-8-14(12-18(17)25-3)9-11-19(22)21-16-7-5-4-6-15(16)20(23)24/h4-13H,1-3H3,(H,21,22)(H,23,24). The van der Waals surface area contributed by atoms with Gasteiger partial charge in [-0.25, -0.2) is 4.79 Å². The number of hydrogen-bond acceptors (Lipinski definition) is 4. The van der Waals surface area contributed by atoms with Crippen LogP contribution in [0, 0.1) is 0 Å². The van der Waals surface area contributed by atoms with Crippen LogP contribution in [0.4, 0.5) is 5.69 Å². The minimum atomic E-state index is -1.10. The minimum Gasteiger partial charge on any atom is -0.493 e. The van der Waals surface area contributed by atoms with Gasteiger partial charge >= 0.3 is 5.97 Å². The van der Waals surface area contributed by atoms with Crippen molar-refractivity contribution in [2.24, 2.45) is 0 Å². The van der Waals surface area contributed by atoms with Crippen LogP contribution >= 0.6 is 0 Å². The van der Waals surface area contributed by atoms with Crippen LogP contribution in [0.1, 0.15) is 29.8 Å². The highest BCUT2D eigenvalue weighted by molar-refractivity contribution is 6.06. The van der Waals surface area contributed by atoms with Crippen LogP contribution in [0.5, 0.6) is 11.5 Å². The highest BCUT2D eigenvalue weighted by Crippen LogP contribution is 2.29. The predicted octanol–water partition coefficient (Wildman–Crippen LogP) is 3.83. The summed E-state index contributed by atoms with van der Waals surface area (Å²) in [7, 11) is 1.55. The molecule has 0 radical (unpaired) electrons. The molecule has 0 bridgehead atoms. The number of amides is 1. The lowest BCUT2D eigenvalue weighted by molar-refractivity contribution is -0.111. The van der Waals surface area contributed by atoms with Crippen molar-refractivity contribution in [1.29, 1.82) is 0 Å². The summed E-state index contributed by atoms with van der Waals surface area (Å²) in [6.07, 6.45) is 2.96. The van der Waals surface area contributed by atoms with Crippen LogP contribution in [0.25, 0.3) is 6.08 Å². The average Bonchev–Trinajstić information content (AvgIpc) is 2.60. The molecule has 0 saturated heterocycles. The number of aromatic carboxylic acids is 1. The fourth-order valence-corrected chi connectivity index (χ4v) is 2.26. The van der Waals surface area contributed by atoms with Crippen molar-refractivity contribution < 1.29 is 24.2 Å². The molecule has 1 amide bonds. The fourth-order valence-electron chi connectivity index (χ4n) is 2.26. The highest BCUT2D eigenvalue weighted by Gasteiger charge is 2.10. The Labute approximate surface area is 152 Å². The summed E-state index contributed by atoms with van der Waals surface area (Å²) < 4.78 is 11.0. The lowest BCUT2D eigenvalue weighted by atomic mass is 10.1. The van der Waals surface area contributed by atoms with E-state index in [1.54, 1.807) is 43.5 Å². The van der Waals surface area contributed by atoms with Crippen molar-refractivity contribution in [3.8, 4) is 11.5 Å². The zero-order chi connectivity index (χ0) is 19.1. The average molecular weight is 355 g/mol. The third-order valence-corrected chi connectivity index (χ3v) is 3.39. The van der Waals surface area contributed by atoms with E-state index in [-0.39, 0.29) is 17.4 Å². The van der Waals surface area contributed by atoms with Crippen molar-refractivity contribution in [2.45, 2.75) is 20.0 Å². The number of ether oxygens (including phenoxy) is 2. The van der Waals surface area contributed by atoms with Crippen molar-refractivity contribution in [1.82, 2.24) is 0 Å². The molecule has 0 heterocycles. The van der Waals surface area contributed by atoms with Crippen LogP contribution in [0.15, 0.2) is 48.5 Å². The molecular formula is C20H21NO5. The van der Waals surface area contributed by atoms with Crippen LogP contribution < -0.4 is 14.8 Å². The molecule has 0 aliphatic rings. The molecule has 0 aromatic heterocycles. The SMILES string of the molecule is COc1cc(C=CC(=O)Nc2ccccc2C(=O)O)ccc1OC(C)C. The summed E-state index contributed by atoms with van der Waals surface area (Å²) in [6, 6.07) is 11.6. The maximum atomic E-state index is 12.1. The molecule has 2 aromatic rings. The second-order valence-electron chi connectivity index (χ2n) is 5.75. The number of carboxylic acid groups (broad SMARTS) is 1. The van der Waals surface area contributed by atoms with E-state index >= 15 is 0 Å². The van der Waals surface area contributed by atoms with E-state index in [9.17, 15) is 9.59 Å². The van der Waals surface area contributed by atoms with Gasteiger partial charge in [0.15, 0.2) is 11.5 Å². The Morgan fingerprint density at radius 1 is 1.12 bits per heavy atom. The Bertz CT molecular complexity index is 827. The highest BCUT2D eigenvalue weighted by atomic mass is 16.5. The summed E-state index contributed by atoms with van der Waals surface area (Å²) in [5, 5.41) is 11.7. The smallest absolute Gasteiger partial charge is 0.337 e. The summed E-state index contributed by atoms with van der Waals surface area (Å²) in [6.45, 7) is 3.85. The first-order chi connectivity index (χ1) is 12.4. The molecule has 136 valence electrons. The topological polar surface area (TPSA) is 84.9 Å². The Hall–Kier alpha value is -3.28. The minimum absolute atomic E-state index is 0.0189. The monoisotopic (exact) mass is 355 g/mol. The molecule has 6 heteroatoms. The van der Waals surface area contributed by atoms with Gasteiger partial charge in [-0.3, -0.25) is 4.79 Å². The quantitative estimate of drug-likeness (QED) is 0.737. The Balaban J connectivity index is 2.12. The van der Waals surface area contributed by atoms with E-state index < -0.39 is 11.9 Å². The second kappa shape index (κ2) is 8.71. The fraction of sp³-hybridized carbons (Fsp3) is 0.200. The van der Waals surface area contributed by atoms with Gasteiger partial charge in [0, 0.05) is 6.08 Å². The number of rotatable bonds is 7. The number of anilines is 1. The van der Waals surface area contributed by atoms with Crippen molar-refractivity contribution in [3.63, 3.8) is 0 Å². The van der Waals surface area contributed by atoms with Crippen LogP contribution in [-0.2, 0) is 4.79 Å². The van der Waals surface area contributed by atoms with Gasteiger partial charge in [-0.15, -0.1) is 0 Å². The van der Waals surface area contributed by atoms with Crippen LogP contribution in [0.3, 0.4) is 0 Å². The van der Waals surface area contributed by atoms with Crippen molar-refractivity contribution >= 4 is 23.6 Å². The van der Waals surface area contributed by atoms with Gasteiger partial charge in [0.2, 0.25) is 5.91 Å². The predicted molar refractivity (Wildman–Crippen MR) is 99.8 cm³/mol. The van der Waals surface area contributed by atoms with E-state index in [0.717, 1.165) is 5.56 Å². The van der Waals surface area contributed by atoms with E-state index in [0.29, 0.717) is 11.5 Å². The number of para-hydroxylation sites is 1. The number of hydrogen-bond donors (Lipinski definition) is 2.